The maximum Gasteiger partial charge on any atom is 0.128 e. The van der Waals surface area contributed by atoms with Gasteiger partial charge in [0.1, 0.15) is 5.82 Å². The number of halogens is 2. The van der Waals surface area contributed by atoms with Gasteiger partial charge < -0.3 is 4.90 Å². The van der Waals surface area contributed by atoms with Gasteiger partial charge in [-0.3, -0.25) is 0 Å². The van der Waals surface area contributed by atoms with Crippen LogP contribution < -0.4 is 0 Å². The molecule has 0 aliphatic carbocycles. The molecule has 1 unspecified atom stereocenters. The van der Waals surface area contributed by atoms with Crippen LogP contribution in [-0.4, -0.2) is 18.5 Å². The molecule has 0 radical (unpaired) electrons. The van der Waals surface area contributed by atoms with Crippen LogP contribution in [0.15, 0.2) is 54.6 Å². The molecular weight excluding hydrogens is 347 g/mol. The zero-order valence-electron chi connectivity index (χ0n) is 15.8. The van der Waals surface area contributed by atoms with Crippen molar-refractivity contribution >= 4 is 12.4 Å². The molecule has 2 aromatic rings. The van der Waals surface area contributed by atoms with E-state index in [1.807, 2.05) is 38.1 Å². The smallest absolute Gasteiger partial charge is 0.128 e. The van der Waals surface area contributed by atoms with E-state index in [1.54, 1.807) is 12.1 Å². The van der Waals surface area contributed by atoms with Crippen LogP contribution in [0, 0.1) is 23.1 Å². The van der Waals surface area contributed by atoms with Crippen LogP contribution >= 0.6 is 12.4 Å². The Balaban J connectivity index is 0.00000338. The van der Waals surface area contributed by atoms with Crippen LogP contribution in [0.5, 0.6) is 0 Å². The third-order valence-corrected chi connectivity index (χ3v) is 4.95. The largest absolute Gasteiger partial charge is 0.302 e. The summed E-state index contributed by atoms with van der Waals surface area (Å²) in [4.78, 5) is 2.25. The Bertz CT molecular complexity index is 712. The lowest BCUT2D eigenvalue weighted by atomic mass is 9.69. The Kier molecular flexibility index (Phi) is 8.78. The third-order valence-electron chi connectivity index (χ3n) is 4.95. The van der Waals surface area contributed by atoms with Crippen molar-refractivity contribution in [2.24, 2.45) is 5.92 Å². The molecule has 2 aromatic carbocycles. The Labute approximate surface area is 163 Å². The number of rotatable bonds is 8. The zero-order chi connectivity index (χ0) is 18.3. The highest BCUT2D eigenvalue weighted by atomic mass is 35.5. The molecule has 0 amide bonds. The van der Waals surface area contributed by atoms with Crippen LogP contribution in [0.3, 0.4) is 0 Å². The molecule has 0 bridgehead atoms. The van der Waals surface area contributed by atoms with Gasteiger partial charge in [0.15, 0.2) is 0 Å². The van der Waals surface area contributed by atoms with Crippen LogP contribution in [0.1, 0.15) is 37.8 Å². The third kappa shape index (κ3) is 5.30. The lowest BCUT2D eigenvalue weighted by molar-refractivity contribution is 0.283. The summed E-state index contributed by atoms with van der Waals surface area (Å²) in [5.74, 6) is -0.232. The maximum atomic E-state index is 14.3. The molecule has 1 atom stereocenters. The molecular formula is C22H28ClFN2. The van der Waals surface area contributed by atoms with Gasteiger partial charge in [-0.1, -0.05) is 62.4 Å². The number of benzene rings is 2. The van der Waals surface area contributed by atoms with Crippen molar-refractivity contribution in [3.05, 3.63) is 71.5 Å². The molecule has 4 heteroatoms. The van der Waals surface area contributed by atoms with Gasteiger partial charge in [-0.05, 0) is 44.0 Å². The van der Waals surface area contributed by atoms with Crippen molar-refractivity contribution in [3.63, 3.8) is 0 Å². The van der Waals surface area contributed by atoms with Gasteiger partial charge in [0, 0.05) is 12.1 Å². The second kappa shape index (κ2) is 10.3. The maximum absolute atomic E-state index is 14.3. The monoisotopic (exact) mass is 374 g/mol. The number of nitrogens with zero attached hydrogens (tertiary/aromatic N) is 2. The summed E-state index contributed by atoms with van der Waals surface area (Å²) < 4.78 is 14.3. The summed E-state index contributed by atoms with van der Waals surface area (Å²) >= 11 is 0. The fourth-order valence-corrected chi connectivity index (χ4v) is 3.40. The molecule has 0 saturated heterocycles. The Morgan fingerprint density at radius 1 is 1.08 bits per heavy atom. The molecule has 0 heterocycles. The summed E-state index contributed by atoms with van der Waals surface area (Å²) in [6.07, 6.45) is 1.50. The predicted molar refractivity (Wildman–Crippen MR) is 108 cm³/mol. The number of hydrogen-bond donors (Lipinski definition) is 0. The first-order valence-electron chi connectivity index (χ1n) is 8.88. The Morgan fingerprint density at radius 2 is 1.69 bits per heavy atom. The van der Waals surface area contributed by atoms with Crippen LogP contribution in [0.4, 0.5) is 4.39 Å². The van der Waals surface area contributed by atoms with E-state index in [0.717, 1.165) is 19.5 Å². The first-order valence-corrected chi connectivity index (χ1v) is 8.88. The molecule has 2 rings (SSSR count). The van der Waals surface area contributed by atoms with E-state index < -0.39 is 5.41 Å². The highest BCUT2D eigenvalue weighted by Gasteiger charge is 2.37. The fraction of sp³-hybridized carbons (Fsp3) is 0.409. The average molecular weight is 375 g/mol. The van der Waals surface area contributed by atoms with Gasteiger partial charge in [-0.2, -0.15) is 5.26 Å². The molecule has 0 aliphatic rings. The molecule has 0 fully saturated rings. The normalized spacial score (nSPS) is 13.1. The minimum absolute atomic E-state index is 0. The van der Waals surface area contributed by atoms with Crippen molar-refractivity contribution in [2.75, 3.05) is 13.6 Å². The van der Waals surface area contributed by atoms with Gasteiger partial charge in [0.2, 0.25) is 0 Å². The summed E-state index contributed by atoms with van der Waals surface area (Å²) in [7, 11) is 2.08. The van der Waals surface area contributed by atoms with Crippen molar-refractivity contribution < 1.29 is 4.39 Å². The lowest BCUT2D eigenvalue weighted by Gasteiger charge is -2.32. The lowest BCUT2D eigenvalue weighted by Crippen LogP contribution is -2.33. The SMILES string of the molecule is CC(C)C(C#N)(CCCN(C)Cc1ccccc1)c1ccccc1F.Cl. The van der Waals surface area contributed by atoms with Crippen molar-refractivity contribution in [3.8, 4) is 6.07 Å². The van der Waals surface area contributed by atoms with Gasteiger partial charge in [-0.25, -0.2) is 4.39 Å². The summed E-state index contributed by atoms with van der Waals surface area (Å²) in [5.41, 5.74) is 1.02. The molecule has 2 nitrogen and oxygen atoms in total. The molecule has 140 valence electrons. The van der Waals surface area contributed by atoms with Crippen molar-refractivity contribution in [1.82, 2.24) is 4.90 Å². The molecule has 0 saturated carbocycles. The van der Waals surface area contributed by atoms with Crippen LogP contribution in [0.25, 0.3) is 0 Å². The highest BCUT2D eigenvalue weighted by Crippen LogP contribution is 2.37. The summed E-state index contributed by atoms with van der Waals surface area (Å²) in [6.45, 7) is 5.76. The zero-order valence-corrected chi connectivity index (χ0v) is 16.6. The summed E-state index contributed by atoms with van der Waals surface area (Å²) in [6, 6.07) is 19.5. The Morgan fingerprint density at radius 3 is 2.27 bits per heavy atom. The van der Waals surface area contributed by atoms with E-state index >= 15 is 0 Å². The molecule has 0 spiro atoms. The topological polar surface area (TPSA) is 27.0 Å². The first-order chi connectivity index (χ1) is 12.0. The number of nitriles is 1. The minimum Gasteiger partial charge on any atom is -0.302 e. The molecule has 0 N–H and O–H groups in total. The molecule has 0 aliphatic heterocycles. The molecule has 0 aromatic heterocycles. The van der Waals surface area contributed by atoms with Crippen LogP contribution in [0.2, 0.25) is 0 Å². The van der Waals surface area contributed by atoms with Crippen molar-refractivity contribution in [1.29, 1.82) is 5.26 Å². The second-order valence-corrected chi connectivity index (χ2v) is 7.04. The van der Waals surface area contributed by atoms with E-state index in [0.29, 0.717) is 12.0 Å². The van der Waals surface area contributed by atoms with Gasteiger partial charge in [0.25, 0.3) is 0 Å². The Hall–Kier alpha value is -1.89. The fourth-order valence-electron chi connectivity index (χ4n) is 3.40. The van der Waals surface area contributed by atoms with E-state index in [2.05, 4.69) is 30.1 Å². The van der Waals surface area contributed by atoms with Crippen molar-refractivity contribution in [2.45, 2.75) is 38.6 Å². The van der Waals surface area contributed by atoms with E-state index in [1.165, 1.54) is 11.6 Å². The van der Waals surface area contributed by atoms with Gasteiger partial charge in [-0.15, -0.1) is 12.4 Å². The molecule has 26 heavy (non-hydrogen) atoms. The quantitative estimate of drug-likeness (QED) is 0.603. The summed E-state index contributed by atoms with van der Waals surface area (Å²) in [5, 5.41) is 9.89. The van der Waals surface area contributed by atoms with E-state index in [9.17, 15) is 9.65 Å². The second-order valence-electron chi connectivity index (χ2n) is 7.04. The van der Waals surface area contributed by atoms with E-state index in [-0.39, 0.29) is 24.1 Å². The first kappa shape index (κ1) is 22.2. The highest BCUT2D eigenvalue weighted by molar-refractivity contribution is 5.85. The van der Waals surface area contributed by atoms with Crippen LogP contribution in [-0.2, 0) is 12.0 Å². The van der Waals surface area contributed by atoms with Gasteiger partial charge in [0.05, 0.1) is 11.5 Å². The standard InChI is InChI=1S/C22H27FN2.ClH/c1-18(2)22(17-24,20-12-7-8-13-21(20)23)14-9-15-25(3)16-19-10-5-4-6-11-19;/h4-8,10-13,18H,9,14-16H2,1-3H3;1H. The van der Waals surface area contributed by atoms with E-state index in [4.69, 9.17) is 0 Å². The predicted octanol–water partition coefficient (Wildman–Crippen LogP) is 5.58. The average Bonchev–Trinajstić information content (AvgIpc) is 2.60. The minimum atomic E-state index is -0.779. The van der Waals surface area contributed by atoms with Gasteiger partial charge >= 0.3 is 0 Å². The number of hydrogen-bond acceptors (Lipinski definition) is 2.